The van der Waals surface area contributed by atoms with Crippen LogP contribution in [0.4, 0.5) is 4.79 Å². The van der Waals surface area contributed by atoms with Crippen molar-refractivity contribution in [1.29, 1.82) is 0 Å². The number of hydrogen-bond acceptors (Lipinski definition) is 5. The highest BCUT2D eigenvalue weighted by Gasteiger charge is 2.37. The number of ether oxygens (including phenoxy) is 3. The molecule has 8 heteroatoms. The number of carbonyl (C=O) groups excluding carboxylic acids is 2. The molecule has 0 radical (unpaired) electrons. The van der Waals surface area contributed by atoms with Gasteiger partial charge in [-0.2, -0.15) is 0 Å². The molecule has 1 aromatic carbocycles. The zero-order chi connectivity index (χ0) is 18.0. The number of urea groups is 1. The molecule has 1 aliphatic rings. The highest BCUT2D eigenvalue weighted by atomic mass is 35.5. The summed E-state index contributed by atoms with van der Waals surface area (Å²) in [5.74, 6) is 0.228. The number of halogens is 1. The largest absolute Gasteiger partial charge is 0.493 e. The average molecular weight is 355 g/mol. The van der Waals surface area contributed by atoms with Gasteiger partial charge in [0.15, 0.2) is 11.5 Å². The van der Waals surface area contributed by atoms with Gasteiger partial charge in [-0.3, -0.25) is 0 Å². The van der Waals surface area contributed by atoms with Crippen LogP contribution in [0, 0.1) is 0 Å². The van der Waals surface area contributed by atoms with Gasteiger partial charge in [0.1, 0.15) is 0 Å². The van der Waals surface area contributed by atoms with Crippen molar-refractivity contribution in [2.45, 2.75) is 13.0 Å². The zero-order valence-electron chi connectivity index (χ0n) is 14.1. The van der Waals surface area contributed by atoms with E-state index in [0.717, 1.165) is 0 Å². The van der Waals surface area contributed by atoms with Gasteiger partial charge in [0.25, 0.3) is 0 Å². The fourth-order valence-electron chi connectivity index (χ4n) is 2.62. The Labute approximate surface area is 145 Å². The SMILES string of the molecule is COC(=O)C1=C(C)N(C)C(=O)N[C@@H]1c1cc(Cl)cc(OC)c1OC. The number of allylic oxidation sites excluding steroid dienone is 1. The van der Waals surface area contributed by atoms with Crippen molar-refractivity contribution in [1.82, 2.24) is 10.2 Å². The van der Waals surface area contributed by atoms with Crippen LogP contribution < -0.4 is 14.8 Å². The van der Waals surface area contributed by atoms with Crippen molar-refractivity contribution in [2.75, 3.05) is 28.4 Å². The molecule has 130 valence electrons. The summed E-state index contributed by atoms with van der Waals surface area (Å²) in [6.07, 6.45) is 0. The van der Waals surface area contributed by atoms with E-state index in [1.165, 1.54) is 26.2 Å². The number of amides is 2. The van der Waals surface area contributed by atoms with Crippen molar-refractivity contribution >= 4 is 23.6 Å². The standard InChI is InChI=1S/C16H19ClN2O5/c1-8-12(15(20)24-5)13(18-16(21)19(8)2)10-6-9(17)7-11(22-3)14(10)23-4/h6-7,13H,1-5H3,(H,18,21)/t13-/m1/s1. The highest BCUT2D eigenvalue weighted by molar-refractivity contribution is 6.30. The van der Waals surface area contributed by atoms with Crippen LogP contribution in [0.2, 0.25) is 5.02 Å². The zero-order valence-corrected chi connectivity index (χ0v) is 14.9. The van der Waals surface area contributed by atoms with Crippen LogP contribution in [0.3, 0.4) is 0 Å². The molecule has 0 unspecified atom stereocenters. The highest BCUT2D eigenvalue weighted by Crippen LogP contribution is 2.42. The summed E-state index contributed by atoms with van der Waals surface area (Å²) >= 11 is 6.15. The Morgan fingerprint density at radius 1 is 1.25 bits per heavy atom. The van der Waals surface area contributed by atoms with Gasteiger partial charge >= 0.3 is 12.0 Å². The lowest BCUT2D eigenvalue weighted by Crippen LogP contribution is -2.46. The summed E-state index contributed by atoms with van der Waals surface area (Å²) in [5, 5.41) is 3.15. The van der Waals surface area contributed by atoms with Crippen LogP contribution in [-0.2, 0) is 9.53 Å². The molecule has 0 saturated heterocycles. The molecule has 0 aromatic heterocycles. The fraction of sp³-hybridized carbons (Fsp3) is 0.375. The van der Waals surface area contributed by atoms with E-state index < -0.39 is 12.0 Å². The molecule has 1 atom stereocenters. The molecule has 1 aromatic rings. The lowest BCUT2D eigenvalue weighted by atomic mass is 9.94. The maximum Gasteiger partial charge on any atom is 0.337 e. The quantitative estimate of drug-likeness (QED) is 0.841. The number of nitrogens with zero attached hydrogens (tertiary/aromatic N) is 1. The first kappa shape index (κ1) is 17.9. The first-order valence-electron chi connectivity index (χ1n) is 7.10. The summed E-state index contributed by atoms with van der Waals surface area (Å²) in [6, 6.07) is 2.08. The molecule has 24 heavy (non-hydrogen) atoms. The van der Waals surface area contributed by atoms with Gasteiger partial charge < -0.3 is 24.4 Å². The average Bonchev–Trinajstić information content (AvgIpc) is 2.57. The Balaban J connectivity index is 2.71. The van der Waals surface area contributed by atoms with Gasteiger partial charge in [-0.05, 0) is 13.0 Å². The van der Waals surface area contributed by atoms with E-state index in [9.17, 15) is 9.59 Å². The number of nitrogens with one attached hydrogen (secondary N) is 1. The third-order valence-corrected chi connectivity index (χ3v) is 4.16. The second kappa shape index (κ2) is 7.00. The van der Waals surface area contributed by atoms with Gasteiger partial charge in [0.2, 0.25) is 0 Å². The van der Waals surface area contributed by atoms with Crippen LogP contribution in [0.25, 0.3) is 0 Å². The summed E-state index contributed by atoms with van der Waals surface area (Å²) in [7, 11) is 5.80. The van der Waals surface area contributed by atoms with Crippen LogP contribution in [-0.4, -0.2) is 45.3 Å². The van der Waals surface area contributed by atoms with E-state index in [1.807, 2.05) is 0 Å². The van der Waals surface area contributed by atoms with E-state index in [4.69, 9.17) is 25.8 Å². The molecular formula is C16H19ClN2O5. The molecule has 0 fully saturated rings. The minimum atomic E-state index is -0.774. The molecule has 0 spiro atoms. The summed E-state index contributed by atoms with van der Waals surface area (Å²) in [4.78, 5) is 25.8. The van der Waals surface area contributed by atoms with Crippen molar-refractivity contribution in [3.8, 4) is 11.5 Å². The van der Waals surface area contributed by atoms with Crippen molar-refractivity contribution in [3.63, 3.8) is 0 Å². The molecule has 1 aliphatic heterocycles. The summed E-state index contributed by atoms with van der Waals surface area (Å²) in [5.41, 5.74) is 1.28. The third kappa shape index (κ3) is 2.99. The molecule has 0 saturated carbocycles. The van der Waals surface area contributed by atoms with Crippen LogP contribution >= 0.6 is 11.6 Å². The summed E-state index contributed by atoms with van der Waals surface area (Å²) < 4.78 is 15.6. The maximum absolute atomic E-state index is 12.3. The number of hydrogen-bond donors (Lipinski definition) is 1. The monoisotopic (exact) mass is 354 g/mol. The van der Waals surface area contributed by atoms with Crippen molar-refractivity contribution in [2.24, 2.45) is 0 Å². The number of esters is 1. The number of methoxy groups -OCH3 is 3. The van der Waals surface area contributed by atoms with Gasteiger partial charge in [0, 0.05) is 29.4 Å². The normalized spacial score (nSPS) is 17.5. The topological polar surface area (TPSA) is 77.1 Å². The molecular weight excluding hydrogens is 336 g/mol. The molecule has 7 nitrogen and oxygen atoms in total. The number of rotatable bonds is 4. The predicted octanol–water partition coefficient (Wildman–Crippen LogP) is 2.50. The minimum Gasteiger partial charge on any atom is -0.493 e. The van der Waals surface area contributed by atoms with E-state index in [0.29, 0.717) is 33.4 Å². The molecule has 2 amide bonds. The fourth-order valence-corrected chi connectivity index (χ4v) is 2.83. The first-order chi connectivity index (χ1) is 11.3. The maximum atomic E-state index is 12.3. The van der Waals surface area contributed by atoms with Crippen LogP contribution in [0.1, 0.15) is 18.5 Å². The van der Waals surface area contributed by atoms with E-state index in [1.54, 1.807) is 26.1 Å². The first-order valence-corrected chi connectivity index (χ1v) is 7.48. The Bertz CT molecular complexity index is 717. The van der Waals surface area contributed by atoms with E-state index in [2.05, 4.69) is 5.32 Å². The Morgan fingerprint density at radius 3 is 2.46 bits per heavy atom. The number of carbonyl (C=O) groups is 2. The van der Waals surface area contributed by atoms with Crippen molar-refractivity contribution in [3.05, 3.63) is 34.0 Å². The van der Waals surface area contributed by atoms with Gasteiger partial charge in [-0.25, -0.2) is 9.59 Å². The third-order valence-electron chi connectivity index (χ3n) is 3.94. The Hall–Kier alpha value is -2.41. The minimum absolute atomic E-state index is 0.294. The second-order valence-electron chi connectivity index (χ2n) is 5.16. The van der Waals surface area contributed by atoms with Gasteiger partial charge in [-0.1, -0.05) is 11.6 Å². The smallest absolute Gasteiger partial charge is 0.337 e. The molecule has 0 bridgehead atoms. The number of benzene rings is 1. The second-order valence-corrected chi connectivity index (χ2v) is 5.60. The van der Waals surface area contributed by atoms with Crippen LogP contribution in [0.5, 0.6) is 11.5 Å². The Kier molecular flexibility index (Phi) is 5.23. The Morgan fingerprint density at radius 2 is 1.92 bits per heavy atom. The van der Waals surface area contributed by atoms with E-state index in [-0.39, 0.29) is 6.03 Å². The van der Waals surface area contributed by atoms with Gasteiger partial charge in [0.05, 0.1) is 32.9 Å². The molecule has 1 heterocycles. The molecule has 1 N–H and O–H groups in total. The lowest BCUT2D eigenvalue weighted by Gasteiger charge is -2.33. The molecule has 2 rings (SSSR count). The van der Waals surface area contributed by atoms with E-state index >= 15 is 0 Å². The van der Waals surface area contributed by atoms with Gasteiger partial charge in [-0.15, -0.1) is 0 Å². The molecule has 0 aliphatic carbocycles. The summed E-state index contributed by atoms with van der Waals surface area (Å²) in [6.45, 7) is 1.67. The predicted molar refractivity (Wildman–Crippen MR) is 88.3 cm³/mol. The lowest BCUT2D eigenvalue weighted by molar-refractivity contribution is -0.136. The van der Waals surface area contributed by atoms with Crippen LogP contribution in [0.15, 0.2) is 23.4 Å². The van der Waals surface area contributed by atoms with Crippen molar-refractivity contribution < 1.29 is 23.8 Å².